The zero-order chi connectivity index (χ0) is 9.73. The summed E-state index contributed by atoms with van der Waals surface area (Å²) in [5, 5.41) is 3.38. The van der Waals surface area contributed by atoms with Gasteiger partial charge >= 0.3 is 5.97 Å². The summed E-state index contributed by atoms with van der Waals surface area (Å²) >= 11 is 0. The largest absolute Gasteiger partial charge is 0.466 e. The summed E-state index contributed by atoms with van der Waals surface area (Å²) in [4.78, 5) is 11.3. The molecule has 0 atom stereocenters. The molecule has 1 saturated carbocycles. The van der Waals surface area contributed by atoms with Crippen molar-refractivity contribution >= 4 is 5.97 Å². The molecule has 0 amide bonds. The van der Waals surface area contributed by atoms with Gasteiger partial charge in [-0.15, -0.1) is 0 Å². The van der Waals surface area contributed by atoms with Crippen molar-refractivity contribution in [1.29, 1.82) is 0 Å². The Labute approximate surface area is 79.8 Å². The van der Waals surface area contributed by atoms with E-state index in [1.165, 1.54) is 6.42 Å². The number of ether oxygens (including phenoxy) is 1. The molecule has 1 aliphatic carbocycles. The molecule has 0 heterocycles. The van der Waals surface area contributed by atoms with Crippen molar-refractivity contribution in [3.05, 3.63) is 0 Å². The number of hydrogen-bond donors (Lipinski definition) is 1. The fourth-order valence-corrected chi connectivity index (χ4v) is 1.88. The summed E-state index contributed by atoms with van der Waals surface area (Å²) in [6, 6.07) is 0. The quantitative estimate of drug-likeness (QED) is 0.659. The highest BCUT2D eigenvalue weighted by atomic mass is 16.5. The Balaban J connectivity index is 2.34. The van der Waals surface area contributed by atoms with E-state index in [-0.39, 0.29) is 11.5 Å². The predicted octanol–water partition coefficient (Wildman–Crippen LogP) is 1.47. The summed E-state index contributed by atoms with van der Waals surface area (Å²) in [6.45, 7) is 5.34. The van der Waals surface area contributed by atoms with Gasteiger partial charge in [-0.2, -0.15) is 0 Å². The average molecular weight is 185 g/mol. The maximum atomic E-state index is 11.3. The van der Waals surface area contributed by atoms with Gasteiger partial charge < -0.3 is 10.1 Å². The van der Waals surface area contributed by atoms with Crippen LogP contribution in [0.5, 0.6) is 0 Å². The number of carbonyl (C=O) groups excluding carboxylic acids is 1. The topological polar surface area (TPSA) is 38.3 Å². The van der Waals surface area contributed by atoms with Gasteiger partial charge in [0.1, 0.15) is 0 Å². The van der Waals surface area contributed by atoms with E-state index in [9.17, 15) is 4.79 Å². The van der Waals surface area contributed by atoms with Crippen LogP contribution >= 0.6 is 0 Å². The highest BCUT2D eigenvalue weighted by Crippen LogP contribution is 2.34. The summed E-state index contributed by atoms with van der Waals surface area (Å²) in [6.07, 6.45) is 3.99. The summed E-state index contributed by atoms with van der Waals surface area (Å²) in [5.41, 5.74) is 0.0704. The molecule has 76 valence electrons. The second-order valence-corrected chi connectivity index (χ2v) is 3.65. The second kappa shape index (κ2) is 4.61. The second-order valence-electron chi connectivity index (χ2n) is 3.65. The first-order chi connectivity index (χ1) is 6.22. The number of carbonyl (C=O) groups is 1. The molecule has 0 aromatic heterocycles. The van der Waals surface area contributed by atoms with Crippen LogP contribution in [0.3, 0.4) is 0 Å². The van der Waals surface area contributed by atoms with Crippen molar-refractivity contribution in [3.8, 4) is 0 Å². The first-order valence-corrected chi connectivity index (χ1v) is 5.13. The maximum Gasteiger partial charge on any atom is 0.307 e. The average Bonchev–Trinajstić information content (AvgIpc) is 2.01. The molecule has 3 nitrogen and oxygen atoms in total. The molecule has 0 aromatic rings. The lowest BCUT2D eigenvalue weighted by atomic mass is 9.74. The molecule has 0 aromatic carbocycles. The summed E-state index contributed by atoms with van der Waals surface area (Å²) in [5.74, 6) is -0.0665. The minimum Gasteiger partial charge on any atom is -0.466 e. The zero-order valence-electron chi connectivity index (χ0n) is 8.56. The van der Waals surface area contributed by atoms with E-state index in [1.54, 1.807) is 0 Å². The van der Waals surface area contributed by atoms with Crippen molar-refractivity contribution in [2.24, 2.45) is 0 Å². The lowest BCUT2D eigenvalue weighted by Gasteiger charge is -2.41. The first kappa shape index (κ1) is 10.5. The Morgan fingerprint density at radius 1 is 1.46 bits per heavy atom. The number of esters is 1. The molecule has 1 N–H and O–H groups in total. The minimum atomic E-state index is -0.0665. The highest BCUT2D eigenvalue weighted by Gasteiger charge is 2.38. The van der Waals surface area contributed by atoms with Crippen LogP contribution < -0.4 is 5.32 Å². The van der Waals surface area contributed by atoms with E-state index in [2.05, 4.69) is 12.2 Å². The van der Waals surface area contributed by atoms with Crippen molar-refractivity contribution in [3.63, 3.8) is 0 Å². The van der Waals surface area contributed by atoms with Crippen LogP contribution in [0.2, 0.25) is 0 Å². The molecule has 0 spiro atoms. The Bertz CT molecular complexity index is 176. The normalized spacial score (nSPS) is 19.2. The minimum absolute atomic E-state index is 0.0665. The van der Waals surface area contributed by atoms with Gasteiger partial charge in [0.05, 0.1) is 13.0 Å². The predicted molar refractivity (Wildman–Crippen MR) is 51.5 cm³/mol. The molecule has 1 aliphatic rings. The van der Waals surface area contributed by atoms with Gasteiger partial charge in [0.15, 0.2) is 0 Å². The first-order valence-electron chi connectivity index (χ1n) is 5.13. The van der Waals surface area contributed by atoms with Crippen molar-refractivity contribution in [1.82, 2.24) is 5.32 Å². The number of nitrogens with one attached hydrogen (secondary N) is 1. The fourth-order valence-electron chi connectivity index (χ4n) is 1.88. The Hall–Kier alpha value is -0.570. The van der Waals surface area contributed by atoms with Gasteiger partial charge in [0.2, 0.25) is 0 Å². The van der Waals surface area contributed by atoms with Gasteiger partial charge in [-0.3, -0.25) is 4.79 Å². The number of hydrogen-bond acceptors (Lipinski definition) is 3. The van der Waals surface area contributed by atoms with Crippen LogP contribution in [0.4, 0.5) is 0 Å². The van der Waals surface area contributed by atoms with E-state index in [4.69, 9.17) is 4.74 Å². The number of rotatable bonds is 5. The van der Waals surface area contributed by atoms with Crippen LogP contribution in [0.25, 0.3) is 0 Å². The molecule has 3 heteroatoms. The molecule has 1 fully saturated rings. The van der Waals surface area contributed by atoms with Crippen molar-refractivity contribution in [2.75, 3.05) is 13.2 Å². The van der Waals surface area contributed by atoms with Crippen LogP contribution in [0.1, 0.15) is 39.5 Å². The molecule has 13 heavy (non-hydrogen) atoms. The fraction of sp³-hybridized carbons (Fsp3) is 0.900. The van der Waals surface area contributed by atoms with Gasteiger partial charge in [0.25, 0.3) is 0 Å². The summed E-state index contributed by atoms with van der Waals surface area (Å²) in [7, 11) is 0. The van der Waals surface area contributed by atoms with Gasteiger partial charge in [-0.25, -0.2) is 0 Å². The maximum absolute atomic E-state index is 11.3. The Morgan fingerprint density at radius 3 is 2.54 bits per heavy atom. The van der Waals surface area contributed by atoms with Crippen LogP contribution in [0, 0.1) is 0 Å². The van der Waals surface area contributed by atoms with Gasteiger partial charge in [-0.1, -0.05) is 6.92 Å². The third-order valence-corrected chi connectivity index (χ3v) is 2.65. The summed E-state index contributed by atoms with van der Waals surface area (Å²) < 4.78 is 4.94. The van der Waals surface area contributed by atoms with Crippen molar-refractivity contribution < 1.29 is 9.53 Å². The third kappa shape index (κ3) is 2.69. The van der Waals surface area contributed by atoms with E-state index in [0.29, 0.717) is 13.0 Å². The molecular weight excluding hydrogens is 166 g/mol. The molecule has 0 bridgehead atoms. The molecular formula is C10H19NO2. The van der Waals surface area contributed by atoms with Gasteiger partial charge in [-0.05, 0) is 32.7 Å². The van der Waals surface area contributed by atoms with Crippen LogP contribution in [-0.4, -0.2) is 24.7 Å². The smallest absolute Gasteiger partial charge is 0.307 e. The lowest BCUT2D eigenvalue weighted by Crippen LogP contribution is -2.52. The SMILES string of the molecule is CCNC1(CC(=O)OCC)CCC1. The molecule has 0 unspecified atom stereocenters. The monoisotopic (exact) mass is 185 g/mol. The van der Waals surface area contributed by atoms with Crippen LogP contribution in [-0.2, 0) is 9.53 Å². The Morgan fingerprint density at radius 2 is 2.15 bits per heavy atom. The van der Waals surface area contributed by atoms with E-state index >= 15 is 0 Å². The van der Waals surface area contributed by atoms with Crippen LogP contribution in [0.15, 0.2) is 0 Å². The van der Waals surface area contributed by atoms with E-state index in [0.717, 1.165) is 19.4 Å². The molecule has 0 aliphatic heterocycles. The molecule has 0 saturated heterocycles. The van der Waals surface area contributed by atoms with Crippen molar-refractivity contribution in [2.45, 2.75) is 45.1 Å². The Kier molecular flexibility index (Phi) is 3.72. The van der Waals surface area contributed by atoms with E-state index in [1.807, 2.05) is 6.92 Å². The highest BCUT2D eigenvalue weighted by molar-refractivity contribution is 5.71. The zero-order valence-corrected chi connectivity index (χ0v) is 8.56. The van der Waals surface area contributed by atoms with Gasteiger partial charge in [0, 0.05) is 5.54 Å². The third-order valence-electron chi connectivity index (χ3n) is 2.65. The molecule has 0 radical (unpaired) electrons. The molecule has 1 rings (SSSR count). The van der Waals surface area contributed by atoms with E-state index < -0.39 is 0 Å². The standard InChI is InChI=1S/C10H19NO2/c1-3-11-10(6-5-7-10)8-9(12)13-4-2/h11H,3-8H2,1-2H3. The lowest BCUT2D eigenvalue weighted by molar-refractivity contribution is -0.145.